The Morgan fingerprint density at radius 2 is 0.889 bits per heavy atom. The highest BCUT2D eigenvalue weighted by Crippen LogP contribution is 2.45. The van der Waals surface area contributed by atoms with Gasteiger partial charge in [0.15, 0.2) is 0 Å². The number of aromatic nitrogens is 2. The molecule has 0 atom stereocenters. The molecule has 45 heavy (non-hydrogen) atoms. The van der Waals surface area contributed by atoms with Crippen LogP contribution in [0.15, 0.2) is 158 Å². The van der Waals surface area contributed by atoms with Crippen molar-refractivity contribution >= 4 is 70.7 Å². The van der Waals surface area contributed by atoms with E-state index in [0.717, 1.165) is 16.7 Å². The molecule has 2 heterocycles. The second-order valence-corrected chi connectivity index (χ2v) is 11.9. The first-order valence-corrected chi connectivity index (χ1v) is 15.5. The largest absolute Gasteiger partial charge is 0.292 e. The van der Waals surface area contributed by atoms with Crippen LogP contribution in [0.1, 0.15) is 0 Å². The van der Waals surface area contributed by atoms with E-state index in [9.17, 15) is 0 Å². The lowest BCUT2D eigenvalue weighted by Gasteiger charge is -2.19. The van der Waals surface area contributed by atoms with Crippen molar-refractivity contribution < 1.29 is 0 Å². The third kappa shape index (κ3) is 3.48. The number of para-hydroxylation sites is 2. The molecule has 0 amide bonds. The predicted molar refractivity (Wildman–Crippen MR) is 191 cm³/mol. The van der Waals surface area contributed by atoms with E-state index in [1.807, 2.05) is 0 Å². The lowest BCUT2D eigenvalue weighted by atomic mass is 9.85. The van der Waals surface area contributed by atoms with Gasteiger partial charge in [-0.15, -0.1) is 0 Å². The monoisotopic (exact) mass is 570 g/mol. The Labute approximate surface area is 259 Å². The van der Waals surface area contributed by atoms with Crippen molar-refractivity contribution in [1.29, 1.82) is 0 Å². The Bertz CT molecular complexity index is 2760. The smallest absolute Gasteiger partial charge is 0.146 e. The summed E-state index contributed by atoms with van der Waals surface area (Å²) in [7, 11) is 0. The van der Waals surface area contributed by atoms with Gasteiger partial charge in [0, 0.05) is 10.8 Å². The molecule has 0 N–H and O–H groups in total. The summed E-state index contributed by atoms with van der Waals surface area (Å²) in [6, 6.07) is 57.4. The van der Waals surface area contributed by atoms with Crippen LogP contribution in [0.4, 0.5) is 0 Å². The molecule has 0 saturated carbocycles. The van der Waals surface area contributed by atoms with Crippen molar-refractivity contribution in [2.45, 2.75) is 0 Å². The maximum atomic E-state index is 5.13. The lowest BCUT2D eigenvalue weighted by molar-refractivity contribution is 1.32. The molecule has 8 aromatic carbocycles. The fourth-order valence-corrected chi connectivity index (χ4v) is 7.56. The first-order chi connectivity index (χ1) is 22.3. The summed E-state index contributed by atoms with van der Waals surface area (Å²) in [6.45, 7) is 0. The van der Waals surface area contributed by atoms with E-state index in [2.05, 4.69) is 162 Å². The molecule has 0 unspecified atom stereocenters. The second kappa shape index (κ2) is 9.25. The van der Waals surface area contributed by atoms with Crippen LogP contribution < -0.4 is 0 Å². The Balaban J connectivity index is 1.34. The number of hydrogen-bond donors (Lipinski definition) is 0. The predicted octanol–water partition coefficient (Wildman–Crippen LogP) is 11.6. The Kier molecular flexibility index (Phi) is 5.03. The molecule has 0 saturated heterocycles. The molecule has 2 heteroatoms. The summed E-state index contributed by atoms with van der Waals surface area (Å²) in [5.41, 5.74) is 9.29. The van der Waals surface area contributed by atoms with Gasteiger partial charge in [-0.1, -0.05) is 133 Å². The lowest BCUT2D eigenvalue weighted by Crippen LogP contribution is -1.94. The molecule has 0 aliphatic carbocycles. The number of rotatable bonds is 2. The number of pyridine rings is 1. The molecule has 208 valence electrons. The number of nitrogens with zero attached hydrogens (tertiary/aromatic N) is 2. The third-order valence-corrected chi connectivity index (χ3v) is 9.52. The number of imidazole rings is 1. The first kappa shape index (κ1) is 24.5. The summed E-state index contributed by atoms with van der Waals surface area (Å²) in [5.74, 6) is 0. The molecule has 0 spiro atoms. The van der Waals surface area contributed by atoms with Crippen LogP contribution in [-0.2, 0) is 0 Å². The quantitative estimate of drug-likeness (QED) is 0.149. The van der Waals surface area contributed by atoms with Crippen LogP contribution in [-0.4, -0.2) is 9.38 Å². The second-order valence-electron chi connectivity index (χ2n) is 11.9. The van der Waals surface area contributed by atoms with Crippen molar-refractivity contribution in [3.8, 4) is 22.3 Å². The van der Waals surface area contributed by atoms with E-state index < -0.39 is 0 Å². The van der Waals surface area contributed by atoms with Gasteiger partial charge in [-0.2, -0.15) is 0 Å². The van der Waals surface area contributed by atoms with Gasteiger partial charge in [0.1, 0.15) is 5.65 Å². The molecule has 10 rings (SSSR count). The average molecular weight is 571 g/mol. The highest BCUT2D eigenvalue weighted by atomic mass is 15.0. The van der Waals surface area contributed by atoms with Gasteiger partial charge in [-0.25, -0.2) is 4.98 Å². The Hall–Kier alpha value is -5.99. The molecule has 0 bridgehead atoms. The molecular formula is C43H26N2. The average Bonchev–Trinajstić information content (AvgIpc) is 3.50. The van der Waals surface area contributed by atoms with Crippen LogP contribution in [0.3, 0.4) is 0 Å². The van der Waals surface area contributed by atoms with Crippen molar-refractivity contribution in [3.63, 3.8) is 0 Å². The standard InChI is InChI=1S/C43H26N2/c1-2-12-28-25-29(22-21-27(28)11-1)41-33-14-4-6-16-35(33)42(36-17-7-5-15-34(36)41)30-23-24-32-31-13-3-8-18-37(31)43-44-38-19-9-10-20-39(38)45(43)40(32)26-30/h1-26H. The fourth-order valence-electron chi connectivity index (χ4n) is 7.56. The zero-order chi connectivity index (χ0) is 29.5. The summed E-state index contributed by atoms with van der Waals surface area (Å²) >= 11 is 0. The molecule has 0 radical (unpaired) electrons. The van der Waals surface area contributed by atoms with Gasteiger partial charge >= 0.3 is 0 Å². The number of benzene rings is 8. The van der Waals surface area contributed by atoms with Crippen LogP contribution >= 0.6 is 0 Å². The minimum absolute atomic E-state index is 0.998. The maximum absolute atomic E-state index is 5.13. The van der Waals surface area contributed by atoms with E-state index in [1.54, 1.807) is 0 Å². The minimum atomic E-state index is 0.998. The fraction of sp³-hybridized carbons (Fsp3) is 0. The highest BCUT2D eigenvalue weighted by Gasteiger charge is 2.19. The molecule has 0 fully saturated rings. The zero-order valence-electron chi connectivity index (χ0n) is 24.4. The van der Waals surface area contributed by atoms with Crippen molar-refractivity contribution in [2.75, 3.05) is 0 Å². The van der Waals surface area contributed by atoms with E-state index in [1.165, 1.54) is 76.2 Å². The Morgan fingerprint density at radius 1 is 0.356 bits per heavy atom. The van der Waals surface area contributed by atoms with E-state index in [4.69, 9.17) is 4.98 Å². The van der Waals surface area contributed by atoms with Crippen LogP contribution in [0.5, 0.6) is 0 Å². The Morgan fingerprint density at radius 3 is 1.60 bits per heavy atom. The summed E-state index contributed by atoms with van der Waals surface area (Å²) < 4.78 is 2.35. The van der Waals surface area contributed by atoms with Gasteiger partial charge in [0.2, 0.25) is 0 Å². The maximum Gasteiger partial charge on any atom is 0.146 e. The van der Waals surface area contributed by atoms with Gasteiger partial charge in [0.25, 0.3) is 0 Å². The van der Waals surface area contributed by atoms with Gasteiger partial charge < -0.3 is 0 Å². The van der Waals surface area contributed by atoms with E-state index in [0.29, 0.717) is 0 Å². The number of fused-ring (bicyclic) bond motifs is 11. The van der Waals surface area contributed by atoms with E-state index in [-0.39, 0.29) is 0 Å². The minimum Gasteiger partial charge on any atom is -0.292 e. The SMILES string of the molecule is c1ccc2cc(-c3c4ccccc4c(-c4ccc5c6ccccc6c6nc7ccccc7n6c5c4)c4ccccc34)ccc2c1. The van der Waals surface area contributed by atoms with Gasteiger partial charge in [-0.3, -0.25) is 4.40 Å². The van der Waals surface area contributed by atoms with Crippen LogP contribution in [0, 0.1) is 0 Å². The zero-order valence-corrected chi connectivity index (χ0v) is 24.4. The molecule has 2 aromatic heterocycles. The van der Waals surface area contributed by atoms with Crippen molar-refractivity contribution in [3.05, 3.63) is 158 Å². The summed E-state index contributed by atoms with van der Waals surface area (Å²) in [6.07, 6.45) is 0. The van der Waals surface area contributed by atoms with E-state index >= 15 is 0 Å². The normalized spacial score (nSPS) is 12.0. The van der Waals surface area contributed by atoms with Crippen molar-refractivity contribution in [1.82, 2.24) is 9.38 Å². The van der Waals surface area contributed by atoms with Crippen LogP contribution in [0.2, 0.25) is 0 Å². The summed E-state index contributed by atoms with van der Waals surface area (Å²) in [5, 5.41) is 11.2. The molecular weight excluding hydrogens is 544 g/mol. The first-order valence-electron chi connectivity index (χ1n) is 15.5. The van der Waals surface area contributed by atoms with Gasteiger partial charge in [-0.05, 0) is 84.2 Å². The number of hydrogen-bond acceptors (Lipinski definition) is 1. The molecule has 10 aromatic rings. The molecule has 0 aliphatic rings. The van der Waals surface area contributed by atoms with Crippen LogP contribution in [0.25, 0.3) is 92.9 Å². The molecule has 0 aliphatic heterocycles. The van der Waals surface area contributed by atoms with Crippen molar-refractivity contribution in [2.24, 2.45) is 0 Å². The highest BCUT2D eigenvalue weighted by molar-refractivity contribution is 6.23. The topological polar surface area (TPSA) is 17.3 Å². The molecule has 2 nitrogen and oxygen atoms in total. The third-order valence-electron chi connectivity index (χ3n) is 9.52. The summed E-state index contributed by atoms with van der Waals surface area (Å²) in [4.78, 5) is 5.13. The van der Waals surface area contributed by atoms with Gasteiger partial charge in [0.05, 0.1) is 16.6 Å².